The van der Waals surface area contributed by atoms with Gasteiger partial charge in [0.05, 0.1) is 5.69 Å². The summed E-state index contributed by atoms with van der Waals surface area (Å²) in [7, 11) is 0. The SMILES string of the molecule is C/C=C\C(=C/c1ccccc1)c1ccc(N(c2ccc(-c3cc4c5ccccc5ccc4c4ccccc34)cc2)c2ccccc2-c2ccccc2)cc1. The van der Waals surface area contributed by atoms with Crippen LogP contribution in [0, 0.1) is 0 Å². The van der Waals surface area contributed by atoms with Crippen LogP contribution in [0.2, 0.25) is 0 Å². The van der Waals surface area contributed by atoms with Gasteiger partial charge >= 0.3 is 0 Å². The van der Waals surface area contributed by atoms with Crippen LogP contribution in [0.4, 0.5) is 17.1 Å². The number of para-hydroxylation sites is 1. The Kier molecular flexibility index (Phi) is 8.89. The Morgan fingerprint density at radius 3 is 1.74 bits per heavy atom. The summed E-state index contributed by atoms with van der Waals surface area (Å²) in [6, 6.07) is 72.4. The smallest absolute Gasteiger partial charge is 0.0540 e. The lowest BCUT2D eigenvalue weighted by molar-refractivity contribution is 1.28. The van der Waals surface area contributed by atoms with E-state index in [2.05, 4.69) is 230 Å². The average molecular weight is 690 g/mol. The van der Waals surface area contributed by atoms with Crippen LogP contribution < -0.4 is 4.90 Å². The lowest BCUT2D eigenvalue weighted by Crippen LogP contribution is -2.11. The summed E-state index contributed by atoms with van der Waals surface area (Å²) in [5.74, 6) is 0. The molecule has 9 aromatic rings. The van der Waals surface area contributed by atoms with Crippen molar-refractivity contribution in [1.82, 2.24) is 0 Å². The first-order chi connectivity index (χ1) is 26.7. The molecule has 0 heterocycles. The molecule has 256 valence electrons. The van der Waals surface area contributed by atoms with Gasteiger partial charge in [-0.15, -0.1) is 0 Å². The Labute approximate surface area is 317 Å². The zero-order valence-corrected chi connectivity index (χ0v) is 30.2. The van der Waals surface area contributed by atoms with Gasteiger partial charge in [0.1, 0.15) is 0 Å². The fraction of sp³-hybridized carbons (Fsp3) is 0.0189. The highest BCUT2D eigenvalue weighted by Crippen LogP contribution is 2.43. The minimum atomic E-state index is 1.09. The maximum Gasteiger partial charge on any atom is 0.0540 e. The Morgan fingerprint density at radius 2 is 1.00 bits per heavy atom. The lowest BCUT2D eigenvalue weighted by atomic mass is 9.91. The minimum absolute atomic E-state index is 1.09. The maximum atomic E-state index is 2.39. The molecule has 0 N–H and O–H groups in total. The van der Waals surface area contributed by atoms with Crippen molar-refractivity contribution in [2.24, 2.45) is 0 Å². The molecule has 0 unspecified atom stereocenters. The van der Waals surface area contributed by atoms with Crippen molar-refractivity contribution in [3.05, 3.63) is 223 Å². The third kappa shape index (κ3) is 6.27. The van der Waals surface area contributed by atoms with Crippen molar-refractivity contribution in [3.63, 3.8) is 0 Å². The van der Waals surface area contributed by atoms with Crippen molar-refractivity contribution in [2.75, 3.05) is 4.90 Å². The van der Waals surface area contributed by atoms with Gasteiger partial charge in [0.25, 0.3) is 0 Å². The normalized spacial score (nSPS) is 11.8. The highest BCUT2D eigenvalue weighted by molar-refractivity contribution is 6.21. The second-order valence-electron chi connectivity index (χ2n) is 13.7. The third-order valence-corrected chi connectivity index (χ3v) is 10.4. The summed E-state index contributed by atoms with van der Waals surface area (Å²) in [5, 5.41) is 7.64. The highest BCUT2D eigenvalue weighted by atomic mass is 15.1. The van der Waals surface area contributed by atoms with E-state index in [0.29, 0.717) is 0 Å². The van der Waals surface area contributed by atoms with E-state index in [0.717, 1.165) is 17.1 Å². The van der Waals surface area contributed by atoms with Crippen molar-refractivity contribution in [3.8, 4) is 22.3 Å². The number of benzene rings is 9. The zero-order valence-electron chi connectivity index (χ0n) is 30.2. The van der Waals surface area contributed by atoms with Gasteiger partial charge in [-0.2, -0.15) is 0 Å². The first-order valence-corrected chi connectivity index (χ1v) is 18.6. The van der Waals surface area contributed by atoms with E-state index >= 15 is 0 Å². The van der Waals surface area contributed by atoms with Gasteiger partial charge in [-0.25, -0.2) is 0 Å². The predicted octanol–water partition coefficient (Wildman–Crippen LogP) is 15.1. The standard InChI is InChI=1S/C53H39N/c1-2-15-43(36-38-16-5-3-6-17-38)39-26-31-44(32-27-39)54(53-25-14-13-22-47(53)40-18-7-4-8-19-40)45-33-28-42(29-34-45)51-37-52-46-21-10-9-20-41(46)30-35-50(52)48-23-11-12-24-49(48)51/h2-37H,1H3/b15-2-,43-36+. The van der Waals surface area contributed by atoms with Gasteiger partial charge in [-0.05, 0) is 115 Å². The number of fused-ring (bicyclic) bond motifs is 5. The van der Waals surface area contributed by atoms with Crippen LogP contribution in [0.25, 0.3) is 66.2 Å². The number of hydrogen-bond donors (Lipinski definition) is 0. The summed E-state index contributed by atoms with van der Waals surface area (Å²) in [6.45, 7) is 2.07. The van der Waals surface area contributed by atoms with E-state index < -0.39 is 0 Å². The Bertz CT molecular complexity index is 2790. The molecule has 1 nitrogen and oxygen atoms in total. The molecule has 9 rings (SSSR count). The average Bonchev–Trinajstić information content (AvgIpc) is 3.24. The Morgan fingerprint density at radius 1 is 0.426 bits per heavy atom. The summed E-state index contributed by atoms with van der Waals surface area (Å²) in [5.41, 5.74) is 11.6. The van der Waals surface area contributed by atoms with Gasteiger partial charge in [-0.3, -0.25) is 0 Å². The molecule has 1 heteroatoms. The van der Waals surface area contributed by atoms with Crippen molar-refractivity contribution in [2.45, 2.75) is 6.92 Å². The number of anilines is 3. The molecule has 0 bridgehead atoms. The molecule has 0 aliphatic heterocycles. The van der Waals surface area contributed by atoms with Crippen molar-refractivity contribution in [1.29, 1.82) is 0 Å². The fourth-order valence-electron chi connectivity index (χ4n) is 7.79. The summed E-state index contributed by atoms with van der Waals surface area (Å²) < 4.78 is 0. The van der Waals surface area contributed by atoms with E-state index in [1.54, 1.807) is 0 Å². The molecule has 0 atom stereocenters. The largest absolute Gasteiger partial charge is 0.310 e. The molecule has 0 aromatic heterocycles. The lowest BCUT2D eigenvalue weighted by Gasteiger charge is -2.28. The zero-order chi connectivity index (χ0) is 36.3. The van der Waals surface area contributed by atoms with Gasteiger partial charge in [-0.1, -0.05) is 176 Å². The highest BCUT2D eigenvalue weighted by Gasteiger charge is 2.18. The van der Waals surface area contributed by atoms with Crippen LogP contribution in [0.15, 0.2) is 212 Å². The third-order valence-electron chi connectivity index (χ3n) is 10.4. The first-order valence-electron chi connectivity index (χ1n) is 18.6. The number of nitrogens with zero attached hydrogens (tertiary/aromatic N) is 1. The molecule has 9 aromatic carbocycles. The van der Waals surface area contributed by atoms with E-state index in [1.165, 1.54) is 71.3 Å². The Hall–Kier alpha value is -6.96. The van der Waals surface area contributed by atoms with E-state index in [1.807, 2.05) is 0 Å². The fourth-order valence-corrected chi connectivity index (χ4v) is 7.79. The minimum Gasteiger partial charge on any atom is -0.310 e. The number of hydrogen-bond acceptors (Lipinski definition) is 1. The Balaban J connectivity index is 1.18. The van der Waals surface area contributed by atoms with Crippen molar-refractivity contribution < 1.29 is 0 Å². The van der Waals surface area contributed by atoms with Crippen molar-refractivity contribution >= 4 is 61.0 Å². The molecule has 0 fully saturated rings. The van der Waals surface area contributed by atoms with Gasteiger partial charge in [0.15, 0.2) is 0 Å². The predicted molar refractivity (Wildman–Crippen MR) is 234 cm³/mol. The molecule has 0 saturated heterocycles. The van der Waals surface area contributed by atoms with Crippen LogP contribution in [-0.2, 0) is 0 Å². The maximum absolute atomic E-state index is 2.39. The molecular formula is C53H39N. The molecule has 0 aliphatic carbocycles. The molecule has 0 saturated carbocycles. The van der Waals surface area contributed by atoms with Gasteiger partial charge in [0.2, 0.25) is 0 Å². The molecule has 0 amide bonds. The van der Waals surface area contributed by atoms with Gasteiger partial charge in [0, 0.05) is 16.9 Å². The molecular weight excluding hydrogens is 651 g/mol. The quantitative estimate of drug-likeness (QED) is 0.0872. The second kappa shape index (κ2) is 14.6. The number of rotatable bonds is 8. The molecule has 0 radical (unpaired) electrons. The molecule has 0 spiro atoms. The van der Waals surface area contributed by atoms with Crippen LogP contribution in [0.3, 0.4) is 0 Å². The topological polar surface area (TPSA) is 3.24 Å². The molecule has 0 aliphatic rings. The monoisotopic (exact) mass is 689 g/mol. The van der Waals surface area contributed by atoms with Crippen LogP contribution in [0.5, 0.6) is 0 Å². The van der Waals surface area contributed by atoms with E-state index in [9.17, 15) is 0 Å². The second-order valence-corrected chi connectivity index (χ2v) is 13.7. The summed E-state index contributed by atoms with van der Waals surface area (Å²) in [4.78, 5) is 2.39. The summed E-state index contributed by atoms with van der Waals surface area (Å²) in [6.07, 6.45) is 6.53. The van der Waals surface area contributed by atoms with Crippen LogP contribution in [-0.4, -0.2) is 0 Å². The van der Waals surface area contributed by atoms with E-state index in [4.69, 9.17) is 0 Å². The number of allylic oxidation sites excluding steroid dienone is 3. The van der Waals surface area contributed by atoms with E-state index in [-0.39, 0.29) is 0 Å². The molecule has 54 heavy (non-hydrogen) atoms. The summed E-state index contributed by atoms with van der Waals surface area (Å²) >= 11 is 0. The van der Waals surface area contributed by atoms with Crippen LogP contribution in [0.1, 0.15) is 18.1 Å². The van der Waals surface area contributed by atoms with Crippen LogP contribution >= 0.6 is 0 Å². The van der Waals surface area contributed by atoms with Gasteiger partial charge < -0.3 is 4.90 Å². The first kappa shape index (κ1) is 32.9.